The van der Waals surface area contributed by atoms with Crippen molar-refractivity contribution >= 4 is 15.9 Å². The number of allylic oxidation sites excluding steroid dienone is 6. The number of rotatable bonds is 9. The first-order chi connectivity index (χ1) is 9.91. The minimum absolute atomic E-state index is 0.208. The zero-order valence-electron chi connectivity index (χ0n) is 16.1. The third kappa shape index (κ3) is 13.4. The molecule has 0 amide bonds. The number of hydrogen-bond acceptors (Lipinski definition) is 0. The summed E-state index contributed by atoms with van der Waals surface area (Å²) >= 11 is 3.71. The van der Waals surface area contributed by atoms with Crippen molar-refractivity contribution in [1.82, 2.24) is 0 Å². The van der Waals surface area contributed by atoms with Gasteiger partial charge >= 0.3 is 0 Å². The predicted octanol–water partition coefficient (Wildman–Crippen LogP) is 8.00. The molecule has 128 valence electrons. The molecular weight excluding hydrogens is 332 g/mol. The monoisotopic (exact) mass is 368 g/mol. The van der Waals surface area contributed by atoms with E-state index in [-0.39, 0.29) is 4.32 Å². The average molecular weight is 369 g/mol. The van der Waals surface area contributed by atoms with Gasteiger partial charge in [-0.3, -0.25) is 0 Å². The molecule has 0 rings (SSSR count). The number of halogens is 1. The molecule has 0 fully saturated rings. The van der Waals surface area contributed by atoms with Crippen LogP contribution in [-0.2, 0) is 0 Å². The van der Waals surface area contributed by atoms with Crippen molar-refractivity contribution < 1.29 is 0 Å². The average Bonchev–Trinajstić information content (AvgIpc) is 2.32. The molecule has 0 saturated carbocycles. The van der Waals surface area contributed by atoms with Gasteiger partial charge < -0.3 is 0 Å². The molecule has 0 radical (unpaired) electrons. The van der Waals surface area contributed by atoms with Crippen LogP contribution in [0.1, 0.15) is 87.5 Å². The zero-order chi connectivity index (χ0) is 17.4. The van der Waals surface area contributed by atoms with Gasteiger partial charge in [-0.1, -0.05) is 64.7 Å². The van der Waals surface area contributed by atoms with E-state index in [1.54, 1.807) is 0 Å². The molecule has 0 bridgehead atoms. The quantitative estimate of drug-likeness (QED) is 0.285. The third-order valence-corrected chi connectivity index (χ3v) is 4.11. The molecule has 0 atom stereocenters. The van der Waals surface area contributed by atoms with Crippen molar-refractivity contribution in [2.45, 2.75) is 91.8 Å². The van der Waals surface area contributed by atoms with Crippen molar-refractivity contribution in [2.24, 2.45) is 5.41 Å². The molecule has 0 aliphatic carbocycles. The summed E-state index contributed by atoms with van der Waals surface area (Å²) in [6, 6.07) is 0. The van der Waals surface area contributed by atoms with Gasteiger partial charge in [-0.2, -0.15) is 0 Å². The third-order valence-electron chi connectivity index (χ3n) is 3.79. The molecule has 0 unspecified atom stereocenters. The highest BCUT2D eigenvalue weighted by Crippen LogP contribution is 2.31. The van der Waals surface area contributed by atoms with Gasteiger partial charge in [0.1, 0.15) is 0 Å². The summed E-state index contributed by atoms with van der Waals surface area (Å²) in [5.41, 5.74) is 4.79. The second-order valence-corrected chi connectivity index (χ2v) is 10.5. The lowest BCUT2D eigenvalue weighted by molar-refractivity contribution is 0.366. The minimum Gasteiger partial charge on any atom is -0.0856 e. The Morgan fingerprint density at radius 1 is 0.818 bits per heavy atom. The normalized spacial score (nSPS) is 14.2. The van der Waals surface area contributed by atoms with Crippen LogP contribution in [0.3, 0.4) is 0 Å². The van der Waals surface area contributed by atoms with Crippen molar-refractivity contribution in [1.29, 1.82) is 0 Å². The van der Waals surface area contributed by atoms with Crippen LogP contribution in [0.25, 0.3) is 0 Å². The Bertz CT molecular complexity index is 410. The standard InChI is InChI=1S/C21H37Br/c1-17(2)10-9-11-18(3)12-14-20(5,6)16-19(4)13-15-21(7,8)22/h10,12-13H,9,11,14-16H2,1-8H3/b18-12+,19-13+. The minimum atomic E-state index is 0.208. The molecule has 0 heterocycles. The van der Waals surface area contributed by atoms with Gasteiger partial charge in [0.2, 0.25) is 0 Å². The molecule has 0 N–H and O–H groups in total. The van der Waals surface area contributed by atoms with Gasteiger partial charge in [0.05, 0.1) is 0 Å². The summed E-state index contributed by atoms with van der Waals surface area (Å²) in [5, 5.41) is 0. The van der Waals surface area contributed by atoms with E-state index < -0.39 is 0 Å². The molecule has 0 aliphatic rings. The van der Waals surface area contributed by atoms with Crippen LogP contribution in [0, 0.1) is 5.41 Å². The molecule has 0 nitrogen and oxygen atoms in total. The Balaban J connectivity index is 4.41. The van der Waals surface area contributed by atoms with E-state index in [1.807, 2.05) is 0 Å². The lowest BCUT2D eigenvalue weighted by atomic mass is 9.81. The Morgan fingerprint density at radius 2 is 1.36 bits per heavy atom. The smallest absolute Gasteiger partial charge is 0.0236 e. The van der Waals surface area contributed by atoms with E-state index >= 15 is 0 Å². The van der Waals surface area contributed by atoms with Gasteiger partial charge in [0.15, 0.2) is 0 Å². The lowest BCUT2D eigenvalue weighted by Gasteiger charge is -2.24. The molecular formula is C21H37Br. The Morgan fingerprint density at radius 3 is 1.86 bits per heavy atom. The van der Waals surface area contributed by atoms with E-state index in [9.17, 15) is 0 Å². The van der Waals surface area contributed by atoms with Gasteiger partial charge in [-0.25, -0.2) is 0 Å². The van der Waals surface area contributed by atoms with E-state index in [2.05, 4.69) is 89.5 Å². The fourth-order valence-electron chi connectivity index (χ4n) is 2.46. The number of hydrogen-bond donors (Lipinski definition) is 0. The predicted molar refractivity (Wildman–Crippen MR) is 107 cm³/mol. The highest BCUT2D eigenvalue weighted by atomic mass is 79.9. The first kappa shape index (κ1) is 21.7. The van der Waals surface area contributed by atoms with Gasteiger partial charge in [0, 0.05) is 4.32 Å². The van der Waals surface area contributed by atoms with Gasteiger partial charge in [-0.05, 0) is 79.1 Å². The van der Waals surface area contributed by atoms with Gasteiger partial charge in [0.25, 0.3) is 0 Å². The summed E-state index contributed by atoms with van der Waals surface area (Å²) in [7, 11) is 0. The first-order valence-electron chi connectivity index (χ1n) is 8.55. The largest absolute Gasteiger partial charge is 0.0856 e. The Hall–Kier alpha value is -0.300. The molecule has 22 heavy (non-hydrogen) atoms. The summed E-state index contributed by atoms with van der Waals surface area (Å²) in [4.78, 5) is 0. The molecule has 0 saturated heterocycles. The highest BCUT2D eigenvalue weighted by molar-refractivity contribution is 9.10. The molecule has 0 aliphatic heterocycles. The fourth-order valence-corrected chi connectivity index (χ4v) is 2.62. The van der Waals surface area contributed by atoms with Crippen molar-refractivity contribution in [2.75, 3.05) is 0 Å². The van der Waals surface area contributed by atoms with Crippen molar-refractivity contribution in [3.63, 3.8) is 0 Å². The maximum absolute atomic E-state index is 3.71. The van der Waals surface area contributed by atoms with Crippen LogP contribution in [-0.4, -0.2) is 4.32 Å². The summed E-state index contributed by atoms with van der Waals surface area (Å²) in [6.45, 7) is 18.1. The fraction of sp³-hybridized carbons (Fsp3) is 0.714. The molecule has 0 aromatic rings. The Kier molecular flexibility index (Phi) is 9.62. The van der Waals surface area contributed by atoms with Crippen molar-refractivity contribution in [3.8, 4) is 0 Å². The maximum atomic E-state index is 3.71. The molecule has 0 aromatic heterocycles. The van der Waals surface area contributed by atoms with Crippen LogP contribution in [0.15, 0.2) is 34.9 Å². The Labute approximate surface area is 148 Å². The summed E-state index contributed by atoms with van der Waals surface area (Å²) < 4.78 is 0.208. The summed E-state index contributed by atoms with van der Waals surface area (Å²) in [5.74, 6) is 0. The number of alkyl halides is 1. The first-order valence-corrected chi connectivity index (χ1v) is 9.34. The van der Waals surface area contributed by atoms with E-state index in [0.29, 0.717) is 5.41 Å². The van der Waals surface area contributed by atoms with Crippen LogP contribution < -0.4 is 0 Å². The van der Waals surface area contributed by atoms with Crippen LogP contribution in [0.4, 0.5) is 0 Å². The SMILES string of the molecule is CC(C)=CCC/C(C)=C/CC(C)(C)C/C(C)=C/CC(C)(C)Br. The lowest BCUT2D eigenvalue weighted by Crippen LogP contribution is -2.12. The van der Waals surface area contributed by atoms with Crippen LogP contribution >= 0.6 is 15.9 Å². The topological polar surface area (TPSA) is 0 Å². The second-order valence-electron chi connectivity index (χ2n) is 8.39. The van der Waals surface area contributed by atoms with Crippen LogP contribution in [0.5, 0.6) is 0 Å². The molecule has 0 aromatic carbocycles. The van der Waals surface area contributed by atoms with Crippen LogP contribution in [0.2, 0.25) is 0 Å². The van der Waals surface area contributed by atoms with Gasteiger partial charge in [-0.15, -0.1) is 0 Å². The zero-order valence-corrected chi connectivity index (χ0v) is 17.7. The van der Waals surface area contributed by atoms with E-state index in [0.717, 1.165) is 12.8 Å². The van der Waals surface area contributed by atoms with E-state index in [4.69, 9.17) is 0 Å². The molecule has 1 heteroatoms. The second kappa shape index (κ2) is 9.75. The highest BCUT2D eigenvalue weighted by Gasteiger charge is 2.18. The summed E-state index contributed by atoms with van der Waals surface area (Å²) in [6.07, 6.45) is 13.0. The maximum Gasteiger partial charge on any atom is 0.0236 e. The van der Waals surface area contributed by atoms with Crippen molar-refractivity contribution in [3.05, 3.63) is 34.9 Å². The molecule has 0 spiro atoms. The van der Waals surface area contributed by atoms with E-state index in [1.165, 1.54) is 36.0 Å².